The van der Waals surface area contributed by atoms with Crippen LogP contribution in [0, 0.1) is 12.3 Å². The molecular weight excluding hydrogens is 554 g/mol. The molecule has 4 aromatic rings. The number of hydrogen-bond acceptors (Lipinski definition) is 7. The summed E-state index contributed by atoms with van der Waals surface area (Å²) in [5.74, 6) is -0.163. The third kappa shape index (κ3) is 3.71. The van der Waals surface area contributed by atoms with E-state index in [0.717, 1.165) is 16.8 Å². The van der Waals surface area contributed by atoms with Crippen molar-refractivity contribution in [3.05, 3.63) is 124 Å². The zero-order valence-corrected chi connectivity index (χ0v) is 24.9. The van der Waals surface area contributed by atoms with Crippen LogP contribution in [0.25, 0.3) is 6.08 Å². The third-order valence-electron chi connectivity index (χ3n) is 9.35. The average molecular weight is 586 g/mol. The van der Waals surface area contributed by atoms with Gasteiger partial charge in [-0.1, -0.05) is 66.2 Å². The van der Waals surface area contributed by atoms with Crippen molar-refractivity contribution in [3.8, 4) is 17.2 Å². The zero-order valence-electron chi connectivity index (χ0n) is 24.9. The number of benzene rings is 4. The Morgan fingerprint density at radius 2 is 1.50 bits per heavy atom. The number of carbonyl (C=O) groups is 3. The summed E-state index contributed by atoms with van der Waals surface area (Å²) in [7, 11) is 4.64. The van der Waals surface area contributed by atoms with E-state index in [9.17, 15) is 14.4 Å². The van der Waals surface area contributed by atoms with Crippen LogP contribution in [0.5, 0.6) is 17.2 Å². The van der Waals surface area contributed by atoms with Gasteiger partial charge in [0.2, 0.25) is 0 Å². The van der Waals surface area contributed by atoms with Crippen molar-refractivity contribution in [1.29, 1.82) is 0 Å². The maximum absolute atomic E-state index is 14.9. The predicted octanol–water partition coefficient (Wildman–Crippen LogP) is 6.34. The lowest BCUT2D eigenvalue weighted by Crippen LogP contribution is -2.48. The zero-order chi connectivity index (χ0) is 30.7. The predicted molar refractivity (Wildman–Crippen MR) is 167 cm³/mol. The maximum Gasteiger partial charge on any atom is 0.186 e. The summed E-state index contributed by atoms with van der Waals surface area (Å²) in [6.45, 7) is 2.01. The molecular formula is C37H31NO6. The number of ketones is 3. The fourth-order valence-electron chi connectivity index (χ4n) is 7.46. The molecule has 220 valence electrons. The highest BCUT2D eigenvalue weighted by Crippen LogP contribution is 2.61. The lowest BCUT2D eigenvalue weighted by Gasteiger charge is -2.37. The normalized spacial score (nSPS) is 20.7. The van der Waals surface area contributed by atoms with Crippen molar-refractivity contribution in [2.24, 2.45) is 5.41 Å². The second-order valence-corrected chi connectivity index (χ2v) is 11.5. The highest BCUT2D eigenvalue weighted by molar-refractivity contribution is 6.32. The van der Waals surface area contributed by atoms with Crippen LogP contribution in [0.3, 0.4) is 0 Å². The van der Waals surface area contributed by atoms with Gasteiger partial charge in [0, 0.05) is 28.3 Å². The summed E-state index contributed by atoms with van der Waals surface area (Å²) in [6.07, 6.45) is 3.90. The molecule has 0 radical (unpaired) electrons. The Labute approximate surface area is 255 Å². The molecule has 3 aliphatic rings. The van der Waals surface area contributed by atoms with Crippen molar-refractivity contribution in [2.75, 3.05) is 26.2 Å². The Kier molecular flexibility index (Phi) is 6.43. The smallest absolute Gasteiger partial charge is 0.186 e. The Bertz CT molecular complexity index is 1860. The quantitative estimate of drug-likeness (QED) is 0.193. The minimum absolute atomic E-state index is 0.219. The molecule has 7 heteroatoms. The number of Topliss-reactive ketones (excluding diaryl/α,β-unsaturated/α-hetero) is 3. The summed E-state index contributed by atoms with van der Waals surface area (Å²) >= 11 is 0. The molecule has 0 amide bonds. The summed E-state index contributed by atoms with van der Waals surface area (Å²) in [5, 5.41) is 0. The first kappa shape index (κ1) is 27.7. The molecule has 0 bridgehead atoms. The summed E-state index contributed by atoms with van der Waals surface area (Å²) in [4.78, 5) is 46.6. The van der Waals surface area contributed by atoms with Gasteiger partial charge >= 0.3 is 0 Å². The van der Waals surface area contributed by atoms with Crippen molar-refractivity contribution in [2.45, 2.75) is 24.9 Å². The van der Waals surface area contributed by atoms with E-state index >= 15 is 0 Å². The van der Waals surface area contributed by atoms with Gasteiger partial charge in [-0.25, -0.2) is 0 Å². The first-order valence-electron chi connectivity index (χ1n) is 14.5. The number of fused-ring (bicyclic) bond motifs is 5. The Balaban J connectivity index is 1.55. The SMILES string of the molecule is COc1cccc(C(=O)[C@@H]2[C@@H](c3ccc(OC)c(OC)c3)C3(C(=O)c4ccccc4C3=O)[C@@H]3C=Cc4cc(C)ccc4N23)c1. The molecule has 1 aliphatic carbocycles. The van der Waals surface area contributed by atoms with Gasteiger partial charge in [0.05, 0.1) is 27.4 Å². The largest absolute Gasteiger partial charge is 0.497 e. The van der Waals surface area contributed by atoms with Crippen LogP contribution >= 0.6 is 0 Å². The van der Waals surface area contributed by atoms with Gasteiger partial charge in [0.1, 0.15) is 17.2 Å². The Hall–Kier alpha value is -5.17. The highest BCUT2D eigenvalue weighted by Gasteiger charge is 2.71. The molecule has 1 saturated heterocycles. The molecule has 7 nitrogen and oxygen atoms in total. The number of rotatable bonds is 6. The molecule has 1 fully saturated rings. The van der Waals surface area contributed by atoms with E-state index in [1.54, 1.807) is 74.9 Å². The van der Waals surface area contributed by atoms with E-state index in [4.69, 9.17) is 14.2 Å². The van der Waals surface area contributed by atoms with E-state index in [1.165, 1.54) is 7.11 Å². The van der Waals surface area contributed by atoms with Crippen LogP contribution in [0.4, 0.5) is 5.69 Å². The maximum atomic E-state index is 14.9. The van der Waals surface area contributed by atoms with Crippen LogP contribution in [-0.4, -0.2) is 50.8 Å². The molecule has 2 aliphatic heterocycles. The van der Waals surface area contributed by atoms with Crippen LogP contribution in [0.2, 0.25) is 0 Å². The molecule has 4 aromatic carbocycles. The van der Waals surface area contributed by atoms with Gasteiger partial charge in [-0.05, 0) is 54.4 Å². The van der Waals surface area contributed by atoms with Crippen LogP contribution in [0.1, 0.15) is 53.7 Å². The lowest BCUT2D eigenvalue weighted by atomic mass is 9.64. The average Bonchev–Trinajstić information content (AvgIpc) is 3.49. The number of hydrogen-bond donors (Lipinski definition) is 0. The molecule has 7 rings (SSSR count). The molecule has 2 heterocycles. The second kappa shape index (κ2) is 10.2. The minimum atomic E-state index is -1.61. The van der Waals surface area contributed by atoms with Gasteiger partial charge in [-0.2, -0.15) is 0 Å². The van der Waals surface area contributed by atoms with E-state index in [1.807, 2.05) is 42.2 Å². The summed E-state index contributed by atoms with van der Waals surface area (Å²) < 4.78 is 16.7. The summed E-state index contributed by atoms with van der Waals surface area (Å²) in [5.41, 5.74) is 2.98. The molecule has 1 spiro atoms. The van der Waals surface area contributed by atoms with E-state index < -0.39 is 23.4 Å². The number of carbonyl (C=O) groups excluding carboxylic acids is 3. The molecule has 0 unspecified atom stereocenters. The number of aryl methyl sites for hydroxylation is 1. The Morgan fingerprint density at radius 1 is 0.773 bits per heavy atom. The minimum Gasteiger partial charge on any atom is -0.497 e. The molecule has 0 aromatic heterocycles. The van der Waals surface area contributed by atoms with Gasteiger partial charge < -0.3 is 19.1 Å². The topological polar surface area (TPSA) is 82.1 Å². The lowest BCUT2D eigenvalue weighted by molar-refractivity contribution is 0.0665. The van der Waals surface area contributed by atoms with Crippen LogP contribution in [0.15, 0.2) is 91.0 Å². The molecule has 0 N–H and O–H groups in total. The third-order valence-corrected chi connectivity index (χ3v) is 9.35. The van der Waals surface area contributed by atoms with E-state index in [0.29, 0.717) is 39.5 Å². The highest BCUT2D eigenvalue weighted by atomic mass is 16.5. The number of anilines is 1. The number of ether oxygens (including phenoxy) is 3. The van der Waals surface area contributed by atoms with Crippen LogP contribution < -0.4 is 19.1 Å². The molecule has 44 heavy (non-hydrogen) atoms. The van der Waals surface area contributed by atoms with Gasteiger partial charge in [-0.15, -0.1) is 0 Å². The van der Waals surface area contributed by atoms with Crippen molar-refractivity contribution in [3.63, 3.8) is 0 Å². The second-order valence-electron chi connectivity index (χ2n) is 11.5. The van der Waals surface area contributed by atoms with Gasteiger partial charge in [-0.3, -0.25) is 14.4 Å². The standard InChI is InChI=1S/C37H31NO6/c1-21-12-15-28-22(18-21)14-17-31-37(35(40)26-10-5-6-11-27(26)36(37)41)32(23-13-16-29(43-3)30(20-23)44-4)33(38(28)31)34(39)24-8-7-9-25(19-24)42-2/h5-20,31-33H,1-4H3/t31-,32+,33-/m0/s1. The monoisotopic (exact) mass is 585 g/mol. The van der Waals surface area contributed by atoms with E-state index in [2.05, 4.69) is 6.07 Å². The van der Waals surface area contributed by atoms with E-state index in [-0.39, 0.29) is 17.3 Å². The summed E-state index contributed by atoms with van der Waals surface area (Å²) in [6, 6.07) is 23.7. The van der Waals surface area contributed by atoms with Gasteiger partial charge in [0.25, 0.3) is 0 Å². The first-order valence-corrected chi connectivity index (χ1v) is 14.5. The van der Waals surface area contributed by atoms with Crippen molar-refractivity contribution < 1.29 is 28.6 Å². The number of methoxy groups -OCH3 is 3. The van der Waals surface area contributed by atoms with Crippen molar-refractivity contribution >= 4 is 29.1 Å². The first-order chi connectivity index (χ1) is 21.3. The fraction of sp³-hybridized carbons (Fsp3) is 0.216. The van der Waals surface area contributed by atoms with Crippen LogP contribution in [-0.2, 0) is 0 Å². The molecule has 3 atom stereocenters. The Morgan fingerprint density at radius 3 is 2.18 bits per heavy atom. The fourth-order valence-corrected chi connectivity index (χ4v) is 7.46. The number of nitrogens with zero attached hydrogens (tertiary/aromatic N) is 1. The van der Waals surface area contributed by atoms with Gasteiger partial charge in [0.15, 0.2) is 28.8 Å². The molecule has 0 saturated carbocycles. The van der Waals surface area contributed by atoms with Crippen molar-refractivity contribution in [1.82, 2.24) is 0 Å².